The summed E-state index contributed by atoms with van der Waals surface area (Å²) in [6, 6.07) is 0. The number of piperidine rings is 1. The summed E-state index contributed by atoms with van der Waals surface area (Å²) in [5.74, 6) is 1.81. The fourth-order valence-electron chi connectivity index (χ4n) is 3.00. The van der Waals surface area contributed by atoms with Crippen molar-refractivity contribution in [3.8, 4) is 0 Å². The van der Waals surface area contributed by atoms with E-state index in [4.69, 9.17) is 0 Å². The Bertz CT molecular complexity index is 368. The van der Waals surface area contributed by atoms with E-state index in [1.807, 2.05) is 0 Å². The van der Waals surface area contributed by atoms with Crippen LogP contribution in [-0.2, 0) is 10.0 Å². The van der Waals surface area contributed by atoms with Gasteiger partial charge >= 0.3 is 0 Å². The topological polar surface area (TPSA) is 49.4 Å². The standard InChI is InChI=1S/C15H32N2O2S/c1-5-8-16-11-15(13(2)3)10-14-7-6-9-17(12-14)20(4,18)19/h13-16H,5-12H2,1-4H3. The number of hydrogen-bond acceptors (Lipinski definition) is 3. The summed E-state index contributed by atoms with van der Waals surface area (Å²) in [4.78, 5) is 0. The first-order valence-corrected chi connectivity index (χ1v) is 9.85. The van der Waals surface area contributed by atoms with E-state index < -0.39 is 10.0 Å². The van der Waals surface area contributed by atoms with Crippen molar-refractivity contribution >= 4 is 10.0 Å². The van der Waals surface area contributed by atoms with Crippen molar-refractivity contribution in [2.45, 2.75) is 46.5 Å². The van der Waals surface area contributed by atoms with E-state index >= 15 is 0 Å². The average Bonchev–Trinajstić information content (AvgIpc) is 2.37. The lowest BCUT2D eigenvalue weighted by molar-refractivity contribution is 0.206. The Kier molecular flexibility index (Phi) is 7.48. The Hall–Kier alpha value is -0.130. The zero-order valence-corrected chi connectivity index (χ0v) is 14.4. The minimum atomic E-state index is -3.02. The maximum absolute atomic E-state index is 11.7. The molecule has 20 heavy (non-hydrogen) atoms. The lowest BCUT2D eigenvalue weighted by Crippen LogP contribution is -2.40. The maximum Gasteiger partial charge on any atom is 0.211 e. The fourth-order valence-corrected chi connectivity index (χ4v) is 3.95. The molecule has 1 aliphatic heterocycles. The van der Waals surface area contributed by atoms with Crippen molar-refractivity contribution in [3.63, 3.8) is 0 Å². The van der Waals surface area contributed by atoms with Gasteiger partial charge in [0.2, 0.25) is 10.0 Å². The van der Waals surface area contributed by atoms with Gasteiger partial charge in [-0.15, -0.1) is 0 Å². The van der Waals surface area contributed by atoms with Gasteiger partial charge in [-0.2, -0.15) is 0 Å². The molecule has 1 aliphatic rings. The Morgan fingerprint density at radius 3 is 2.60 bits per heavy atom. The molecule has 1 fully saturated rings. The van der Waals surface area contributed by atoms with Gasteiger partial charge in [0, 0.05) is 13.1 Å². The van der Waals surface area contributed by atoms with Crippen molar-refractivity contribution in [2.24, 2.45) is 17.8 Å². The Morgan fingerprint density at radius 2 is 2.05 bits per heavy atom. The van der Waals surface area contributed by atoms with Crippen molar-refractivity contribution in [3.05, 3.63) is 0 Å². The minimum absolute atomic E-state index is 0.523. The highest BCUT2D eigenvalue weighted by atomic mass is 32.2. The highest BCUT2D eigenvalue weighted by Crippen LogP contribution is 2.27. The van der Waals surface area contributed by atoms with Crippen LogP contribution < -0.4 is 5.32 Å². The third-order valence-corrected chi connectivity index (χ3v) is 5.63. The van der Waals surface area contributed by atoms with Crippen LogP contribution in [0.15, 0.2) is 0 Å². The van der Waals surface area contributed by atoms with E-state index in [1.165, 1.54) is 12.7 Å². The van der Waals surface area contributed by atoms with Gasteiger partial charge < -0.3 is 5.32 Å². The average molecular weight is 305 g/mol. The van der Waals surface area contributed by atoms with Crippen molar-refractivity contribution in [1.82, 2.24) is 9.62 Å². The monoisotopic (exact) mass is 304 g/mol. The number of nitrogens with zero attached hydrogens (tertiary/aromatic N) is 1. The highest BCUT2D eigenvalue weighted by Gasteiger charge is 2.28. The lowest BCUT2D eigenvalue weighted by atomic mass is 9.83. The van der Waals surface area contributed by atoms with Crippen molar-refractivity contribution < 1.29 is 8.42 Å². The number of nitrogens with one attached hydrogen (secondary N) is 1. The molecule has 0 bridgehead atoms. The van der Waals surface area contributed by atoms with E-state index in [2.05, 4.69) is 26.1 Å². The molecule has 0 aromatic carbocycles. The Morgan fingerprint density at radius 1 is 1.35 bits per heavy atom. The van der Waals surface area contributed by atoms with Crippen LogP contribution in [0.2, 0.25) is 0 Å². The summed E-state index contributed by atoms with van der Waals surface area (Å²) in [5.41, 5.74) is 0. The van der Waals surface area contributed by atoms with Crippen LogP contribution in [0, 0.1) is 17.8 Å². The number of hydrogen-bond donors (Lipinski definition) is 1. The molecule has 0 aliphatic carbocycles. The van der Waals surface area contributed by atoms with Crippen molar-refractivity contribution in [2.75, 3.05) is 32.4 Å². The predicted octanol–water partition coefficient (Wildman–Crippen LogP) is 2.32. The molecule has 2 atom stereocenters. The summed E-state index contributed by atoms with van der Waals surface area (Å²) in [5, 5.41) is 3.52. The first kappa shape index (κ1) is 17.9. The first-order chi connectivity index (χ1) is 9.34. The maximum atomic E-state index is 11.7. The third kappa shape index (κ3) is 6.10. The van der Waals surface area contributed by atoms with Crippen LogP contribution in [0.25, 0.3) is 0 Å². The molecular weight excluding hydrogens is 272 g/mol. The summed E-state index contributed by atoms with van der Waals surface area (Å²) < 4.78 is 25.0. The summed E-state index contributed by atoms with van der Waals surface area (Å²) in [7, 11) is -3.02. The van der Waals surface area contributed by atoms with Gasteiger partial charge in [0.25, 0.3) is 0 Å². The van der Waals surface area contributed by atoms with Gasteiger partial charge in [-0.1, -0.05) is 20.8 Å². The van der Waals surface area contributed by atoms with Crippen LogP contribution in [0.5, 0.6) is 0 Å². The van der Waals surface area contributed by atoms with Gasteiger partial charge in [0.1, 0.15) is 0 Å². The number of sulfonamides is 1. The predicted molar refractivity (Wildman–Crippen MR) is 85.2 cm³/mol. The quantitative estimate of drug-likeness (QED) is 0.700. The molecule has 1 rings (SSSR count). The molecule has 1 N–H and O–H groups in total. The van der Waals surface area contributed by atoms with Crippen LogP contribution in [-0.4, -0.2) is 45.2 Å². The van der Waals surface area contributed by atoms with Gasteiger partial charge in [-0.25, -0.2) is 12.7 Å². The van der Waals surface area contributed by atoms with Crippen LogP contribution in [0.4, 0.5) is 0 Å². The summed E-state index contributed by atoms with van der Waals surface area (Å²) >= 11 is 0. The molecule has 4 nitrogen and oxygen atoms in total. The largest absolute Gasteiger partial charge is 0.316 e. The zero-order valence-electron chi connectivity index (χ0n) is 13.6. The molecular formula is C15H32N2O2S. The van der Waals surface area contributed by atoms with E-state index in [0.717, 1.165) is 38.9 Å². The zero-order chi connectivity index (χ0) is 15.2. The fraction of sp³-hybridized carbons (Fsp3) is 1.00. The first-order valence-electron chi connectivity index (χ1n) is 8.00. The Labute approximate surface area is 125 Å². The smallest absolute Gasteiger partial charge is 0.211 e. The SMILES string of the molecule is CCCNCC(CC1CCCN(S(C)(=O)=O)C1)C(C)C. The second-order valence-corrected chi connectivity index (χ2v) is 8.56. The summed E-state index contributed by atoms with van der Waals surface area (Å²) in [6.07, 6.45) is 5.81. The van der Waals surface area contributed by atoms with E-state index in [9.17, 15) is 8.42 Å². The normalized spacial score (nSPS) is 23.1. The second kappa shape index (κ2) is 8.35. The molecule has 0 spiro atoms. The minimum Gasteiger partial charge on any atom is -0.316 e. The van der Waals surface area contributed by atoms with Gasteiger partial charge in [0.05, 0.1) is 6.26 Å². The van der Waals surface area contributed by atoms with E-state index in [1.54, 1.807) is 4.31 Å². The molecule has 5 heteroatoms. The van der Waals surface area contributed by atoms with Gasteiger partial charge in [0.15, 0.2) is 0 Å². The molecule has 2 unspecified atom stereocenters. The van der Waals surface area contributed by atoms with Crippen LogP contribution >= 0.6 is 0 Å². The van der Waals surface area contributed by atoms with Crippen molar-refractivity contribution in [1.29, 1.82) is 0 Å². The lowest BCUT2D eigenvalue weighted by Gasteiger charge is -2.34. The number of rotatable bonds is 8. The molecule has 0 saturated carbocycles. The van der Waals surface area contributed by atoms with E-state index in [-0.39, 0.29) is 0 Å². The molecule has 0 aromatic heterocycles. The summed E-state index contributed by atoms with van der Waals surface area (Å²) in [6.45, 7) is 10.3. The van der Waals surface area contributed by atoms with Gasteiger partial charge in [-0.05, 0) is 56.5 Å². The second-order valence-electron chi connectivity index (χ2n) is 6.57. The molecule has 0 amide bonds. The van der Waals surface area contributed by atoms with Gasteiger partial charge in [-0.3, -0.25) is 0 Å². The molecule has 120 valence electrons. The highest BCUT2D eigenvalue weighted by molar-refractivity contribution is 7.88. The van der Waals surface area contributed by atoms with Crippen LogP contribution in [0.3, 0.4) is 0 Å². The third-order valence-electron chi connectivity index (χ3n) is 4.36. The Balaban J connectivity index is 2.51. The molecule has 1 heterocycles. The van der Waals surface area contributed by atoms with Crippen LogP contribution in [0.1, 0.15) is 46.5 Å². The molecule has 0 aromatic rings. The van der Waals surface area contributed by atoms with E-state index in [0.29, 0.717) is 24.3 Å². The molecule has 0 radical (unpaired) electrons. The molecule has 1 saturated heterocycles.